The predicted octanol–water partition coefficient (Wildman–Crippen LogP) is -0.294. The minimum absolute atomic E-state index is 0.109. The van der Waals surface area contributed by atoms with Gasteiger partial charge in [0, 0.05) is 27.2 Å². The molecule has 0 radical (unpaired) electrons. The minimum Gasteiger partial charge on any atom is -0.463 e. The largest absolute Gasteiger partial charge is 0.463 e. The highest BCUT2D eigenvalue weighted by Gasteiger charge is 2.49. The number of carbonyl (C=O) groups is 2. The Morgan fingerprint density at radius 2 is 1.96 bits per heavy atom. The molecule has 0 amide bonds. The summed E-state index contributed by atoms with van der Waals surface area (Å²) in [6.07, 6.45) is -2.38. The van der Waals surface area contributed by atoms with Crippen LogP contribution in [0.1, 0.15) is 20.1 Å². The lowest BCUT2D eigenvalue weighted by Crippen LogP contribution is -2.41. The van der Waals surface area contributed by atoms with Gasteiger partial charge >= 0.3 is 17.6 Å². The normalized spacial score (nSPS) is 25.6. The summed E-state index contributed by atoms with van der Waals surface area (Å²) in [5, 5.41) is 0. The number of methoxy groups -OCH3 is 1. The van der Waals surface area contributed by atoms with Crippen LogP contribution in [-0.4, -0.2) is 53.5 Å². The molecule has 0 spiro atoms. The summed E-state index contributed by atoms with van der Waals surface area (Å²) >= 11 is 3.03. The lowest BCUT2D eigenvalue weighted by Gasteiger charge is -2.23. The zero-order valence-electron chi connectivity index (χ0n) is 13.7. The molecule has 1 aromatic heterocycles. The number of rotatable bonds is 5. The van der Waals surface area contributed by atoms with Crippen LogP contribution in [0.25, 0.3) is 0 Å². The van der Waals surface area contributed by atoms with E-state index in [-0.39, 0.29) is 11.1 Å². The molecule has 0 aliphatic carbocycles. The number of nitrogens with zero attached hydrogens (tertiary/aromatic N) is 1. The Balaban J connectivity index is 2.39. The number of aromatic nitrogens is 2. The number of halogens is 1. The van der Waals surface area contributed by atoms with E-state index in [1.165, 1.54) is 27.2 Å². The van der Waals surface area contributed by atoms with Gasteiger partial charge in [-0.2, -0.15) is 0 Å². The minimum atomic E-state index is -1.00. The van der Waals surface area contributed by atoms with E-state index in [1.54, 1.807) is 0 Å². The van der Waals surface area contributed by atoms with Gasteiger partial charge in [0.05, 0.1) is 4.47 Å². The van der Waals surface area contributed by atoms with E-state index in [1.807, 2.05) is 0 Å². The first-order valence-corrected chi connectivity index (χ1v) is 8.03. The maximum absolute atomic E-state index is 12.1. The molecule has 25 heavy (non-hydrogen) atoms. The highest BCUT2D eigenvalue weighted by molar-refractivity contribution is 9.10. The van der Waals surface area contributed by atoms with Crippen LogP contribution in [0.15, 0.2) is 20.3 Å². The monoisotopic (exact) mass is 420 g/mol. The predicted molar refractivity (Wildman–Crippen MR) is 85.9 cm³/mol. The topological polar surface area (TPSA) is 126 Å². The molecule has 0 aromatic carbocycles. The van der Waals surface area contributed by atoms with Gasteiger partial charge in [-0.15, -0.1) is 0 Å². The molecular weight excluding hydrogens is 404 g/mol. The van der Waals surface area contributed by atoms with Gasteiger partial charge in [0.25, 0.3) is 5.56 Å². The second-order valence-corrected chi connectivity index (χ2v) is 6.14. The van der Waals surface area contributed by atoms with E-state index in [2.05, 4.69) is 20.9 Å². The van der Waals surface area contributed by atoms with Gasteiger partial charge in [-0.25, -0.2) is 4.79 Å². The van der Waals surface area contributed by atoms with E-state index < -0.39 is 47.7 Å². The van der Waals surface area contributed by atoms with Crippen LogP contribution in [0.2, 0.25) is 0 Å². The number of hydrogen-bond acceptors (Lipinski definition) is 8. The molecule has 1 saturated heterocycles. The van der Waals surface area contributed by atoms with E-state index in [0.717, 1.165) is 4.57 Å². The molecule has 10 nitrogen and oxygen atoms in total. The van der Waals surface area contributed by atoms with Crippen molar-refractivity contribution in [2.75, 3.05) is 13.7 Å². The number of esters is 2. The van der Waals surface area contributed by atoms with Gasteiger partial charge in [-0.3, -0.25) is 23.9 Å². The number of carbonyl (C=O) groups excluding carboxylic acids is 2. The molecule has 1 N–H and O–H groups in total. The molecule has 4 unspecified atom stereocenters. The third-order valence-corrected chi connectivity index (χ3v) is 4.07. The van der Waals surface area contributed by atoms with Crippen LogP contribution in [0.4, 0.5) is 0 Å². The van der Waals surface area contributed by atoms with Crippen molar-refractivity contribution < 1.29 is 28.5 Å². The van der Waals surface area contributed by atoms with Crippen molar-refractivity contribution in [1.29, 1.82) is 0 Å². The Labute approximate surface area is 150 Å². The van der Waals surface area contributed by atoms with Crippen molar-refractivity contribution >= 4 is 27.9 Å². The number of H-pyrrole nitrogens is 1. The van der Waals surface area contributed by atoms with Crippen molar-refractivity contribution in [3.05, 3.63) is 31.5 Å². The van der Waals surface area contributed by atoms with Gasteiger partial charge in [-0.05, 0) is 15.9 Å². The van der Waals surface area contributed by atoms with E-state index in [4.69, 9.17) is 18.9 Å². The fourth-order valence-electron chi connectivity index (χ4n) is 2.50. The molecule has 4 atom stereocenters. The van der Waals surface area contributed by atoms with Crippen molar-refractivity contribution in [1.82, 2.24) is 9.55 Å². The maximum atomic E-state index is 12.1. The molecule has 138 valence electrons. The molecule has 1 aromatic rings. The van der Waals surface area contributed by atoms with Gasteiger partial charge in [0.1, 0.15) is 18.8 Å². The van der Waals surface area contributed by atoms with Crippen LogP contribution in [0, 0.1) is 0 Å². The average molecular weight is 421 g/mol. The van der Waals surface area contributed by atoms with Crippen LogP contribution in [0.3, 0.4) is 0 Å². The molecular formula is C14H17BrN2O8. The zero-order valence-corrected chi connectivity index (χ0v) is 15.3. The molecule has 2 rings (SSSR count). The summed E-state index contributed by atoms with van der Waals surface area (Å²) in [5.74, 6) is -1.12. The third kappa shape index (κ3) is 4.35. The summed E-state index contributed by atoms with van der Waals surface area (Å²) in [6.45, 7) is 2.25. The Bertz CT molecular complexity index is 773. The fourth-order valence-corrected chi connectivity index (χ4v) is 2.82. The second kappa shape index (κ2) is 7.93. The SMILES string of the molecule is COC1C(OC(C)=O)C(COC(C)=O)OC1n1cc(Br)c(=O)[nH]c1=O. The number of ether oxygens (including phenoxy) is 4. The summed E-state index contributed by atoms with van der Waals surface area (Å²) in [5.41, 5.74) is -1.32. The quantitative estimate of drug-likeness (QED) is 0.643. The highest BCUT2D eigenvalue weighted by Crippen LogP contribution is 2.33. The summed E-state index contributed by atoms with van der Waals surface area (Å²) in [6, 6.07) is 0. The summed E-state index contributed by atoms with van der Waals surface area (Å²) in [4.78, 5) is 48.2. The molecule has 11 heteroatoms. The highest BCUT2D eigenvalue weighted by atomic mass is 79.9. The molecule has 0 saturated carbocycles. The van der Waals surface area contributed by atoms with Crippen molar-refractivity contribution in [3.63, 3.8) is 0 Å². The van der Waals surface area contributed by atoms with Crippen molar-refractivity contribution in [2.24, 2.45) is 0 Å². The summed E-state index contributed by atoms with van der Waals surface area (Å²) in [7, 11) is 1.36. The lowest BCUT2D eigenvalue weighted by molar-refractivity contribution is -0.157. The Hall–Kier alpha value is -1.98. The molecule has 2 heterocycles. The Kier molecular flexibility index (Phi) is 6.14. The first kappa shape index (κ1) is 19.3. The van der Waals surface area contributed by atoms with Crippen LogP contribution in [0.5, 0.6) is 0 Å². The van der Waals surface area contributed by atoms with E-state index in [9.17, 15) is 19.2 Å². The number of aromatic amines is 1. The molecule has 1 aliphatic rings. The first-order valence-electron chi connectivity index (χ1n) is 7.24. The Morgan fingerprint density at radius 1 is 1.28 bits per heavy atom. The lowest BCUT2D eigenvalue weighted by atomic mass is 10.1. The van der Waals surface area contributed by atoms with Gasteiger partial charge in [0.2, 0.25) is 0 Å². The number of hydrogen-bond donors (Lipinski definition) is 1. The average Bonchev–Trinajstić information content (AvgIpc) is 2.85. The maximum Gasteiger partial charge on any atom is 0.330 e. The molecule has 0 bridgehead atoms. The van der Waals surface area contributed by atoms with Crippen molar-refractivity contribution in [3.8, 4) is 0 Å². The number of nitrogens with one attached hydrogen (secondary N) is 1. The zero-order chi connectivity index (χ0) is 18.7. The smallest absolute Gasteiger partial charge is 0.330 e. The van der Waals surface area contributed by atoms with Crippen LogP contribution >= 0.6 is 15.9 Å². The van der Waals surface area contributed by atoms with E-state index in [0.29, 0.717) is 0 Å². The summed E-state index contributed by atoms with van der Waals surface area (Å²) < 4.78 is 22.4. The third-order valence-electron chi connectivity index (χ3n) is 3.51. The van der Waals surface area contributed by atoms with Gasteiger partial charge < -0.3 is 18.9 Å². The van der Waals surface area contributed by atoms with Gasteiger partial charge in [0.15, 0.2) is 12.3 Å². The first-order chi connectivity index (χ1) is 11.7. The van der Waals surface area contributed by atoms with Crippen LogP contribution < -0.4 is 11.2 Å². The van der Waals surface area contributed by atoms with Crippen molar-refractivity contribution in [2.45, 2.75) is 38.4 Å². The van der Waals surface area contributed by atoms with Gasteiger partial charge in [-0.1, -0.05) is 0 Å². The molecule has 1 aliphatic heterocycles. The molecule has 1 fully saturated rings. The van der Waals surface area contributed by atoms with E-state index >= 15 is 0 Å². The standard InChI is InChI=1S/C14H17BrN2O8/c1-6(18)23-5-9-10(24-7(2)19)11(22-3)13(25-9)17-4-8(15)12(20)16-14(17)21/h4,9-11,13H,5H2,1-3H3,(H,16,20,21). The fraction of sp³-hybridized carbons (Fsp3) is 0.571. The second-order valence-electron chi connectivity index (χ2n) is 5.29. The Morgan fingerprint density at radius 3 is 2.52 bits per heavy atom. The van der Waals surface area contributed by atoms with Crippen LogP contribution in [-0.2, 0) is 28.5 Å².